The van der Waals surface area contributed by atoms with Crippen LogP contribution in [0.3, 0.4) is 0 Å². The number of hydrogen-bond donors (Lipinski definition) is 2. The first kappa shape index (κ1) is 24.6. The van der Waals surface area contributed by atoms with Gasteiger partial charge < -0.3 is 15.0 Å². The largest absolute Gasteiger partial charge is 0.483 e. The molecule has 1 aliphatic heterocycles. The number of halogens is 4. The Morgan fingerprint density at radius 1 is 1.26 bits per heavy atom. The number of benzene rings is 1. The predicted octanol–water partition coefficient (Wildman–Crippen LogP) is 3.41. The minimum atomic E-state index is -2.73. The van der Waals surface area contributed by atoms with E-state index in [1.807, 2.05) is 24.1 Å². The smallest absolute Gasteiger partial charge is 0.270 e. The van der Waals surface area contributed by atoms with Crippen LogP contribution in [0.2, 0.25) is 0 Å². The number of carbonyl (C=O) groups excluding carboxylic acids is 1. The highest BCUT2D eigenvalue weighted by molar-refractivity contribution is 5.92. The first-order valence-corrected chi connectivity index (χ1v) is 11.1. The molecule has 11 heteroatoms. The van der Waals surface area contributed by atoms with E-state index >= 15 is 4.39 Å². The third-order valence-electron chi connectivity index (χ3n) is 6.14. The van der Waals surface area contributed by atoms with Gasteiger partial charge in [-0.2, -0.15) is 4.39 Å². The maximum Gasteiger partial charge on any atom is 0.270 e. The molecule has 1 aliphatic rings. The first-order valence-electron chi connectivity index (χ1n) is 11.1. The summed E-state index contributed by atoms with van der Waals surface area (Å²) in [5.41, 5.74) is 0.514. The number of ether oxygens (including phenoxy) is 1. The van der Waals surface area contributed by atoms with Gasteiger partial charge in [0.05, 0.1) is 12.1 Å². The van der Waals surface area contributed by atoms with Gasteiger partial charge in [0.1, 0.15) is 11.8 Å². The molecule has 1 fully saturated rings. The summed E-state index contributed by atoms with van der Waals surface area (Å²) in [7, 11) is 0. The Morgan fingerprint density at radius 3 is 2.69 bits per heavy atom. The molecule has 2 N–H and O–H groups in total. The van der Waals surface area contributed by atoms with Crippen LogP contribution in [0.5, 0.6) is 5.75 Å². The van der Waals surface area contributed by atoms with Crippen LogP contribution in [0.15, 0.2) is 35.1 Å². The number of alkyl halides is 2. The van der Waals surface area contributed by atoms with E-state index in [0.717, 1.165) is 0 Å². The molecule has 0 bridgehead atoms. The van der Waals surface area contributed by atoms with Crippen LogP contribution in [-0.4, -0.2) is 52.4 Å². The van der Waals surface area contributed by atoms with Crippen LogP contribution in [0, 0.1) is 11.8 Å². The van der Waals surface area contributed by atoms with Crippen molar-refractivity contribution in [3.8, 4) is 5.75 Å². The SMILES string of the molecule is CCc1cc2ccc(CN3CC(Oc4ccc(C(=O)NCC(F)F)nc4F)C3C)c(F)c2[nH]c1=O. The van der Waals surface area contributed by atoms with E-state index < -0.39 is 36.7 Å². The molecule has 0 saturated carbocycles. The lowest BCUT2D eigenvalue weighted by atomic mass is 9.99. The number of rotatable bonds is 8. The van der Waals surface area contributed by atoms with Crippen LogP contribution >= 0.6 is 0 Å². The summed E-state index contributed by atoms with van der Waals surface area (Å²) in [6, 6.07) is 7.36. The average Bonchev–Trinajstić information content (AvgIpc) is 2.83. The molecule has 2 unspecified atom stereocenters. The van der Waals surface area contributed by atoms with Crippen molar-refractivity contribution in [2.24, 2.45) is 0 Å². The van der Waals surface area contributed by atoms with Crippen LogP contribution in [0.1, 0.15) is 35.5 Å². The van der Waals surface area contributed by atoms with Crippen molar-refractivity contribution in [1.82, 2.24) is 20.2 Å². The van der Waals surface area contributed by atoms with Crippen LogP contribution in [-0.2, 0) is 13.0 Å². The lowest BCUT2D eigenvalue weighted by molar-refractivity contribution is -0.0437. The summed E-state index contributed by atoms with van der Waals surface area (Å²) in [5, 5.41) is 2.57. The zero-order valence-electron chi connectivity index (χ0n) is 19.1. The molecule has 3 aromatic rings. The Balaban J connectivity index is 1.39. The second-order valence-corrected chi connectivity index (χ2v) is 8.39. The molecule has 3 heterocycles. The van der Waals surface area contributed by atoms with Gasteiger partial charge in [-0.1, -0.05) is 19.1 Å². The van der Waals surface area contributed by atoms with Crippen molar-refractivity contribution in [3.05, 3.63) is 69.3 Å². The Hall–Kier alpha value is -3.47. The number of amides is 1. The summed E-state index contributed by atoms with van der Waals surface area (Å²) < 4.78 is 59.5. The number of nitrogens with zero attached hydrogens (tertiary/aromatic N) is 2. The highest BCUT2D eigenvalue weighted by atomic mass is 19.3. The molecule has 0 aliphatic carbocycles. The molecule has 2 aromatic heterocycles. The van der Waals surface area contributed by atoms with Crippen LogP contribution in [0.25, 0.3) is 10.9 Å². The molecule has 35 heavy (non-hydrogen) atoms. The fraction of sp³-hybridized carbons (Fsp3) is 0.375. The first-order chi connectivity index (χ1) is 16.7. The van der Waals surface area contributed by atoms with Crippen molar-refractivity contribution >= 4 is 16.8 Å². The van der Waals surface area contributed by atoms with E-state index in [1.165, 1.54) is 12.1 Å². The molecule has 4 rings (SSSR count). The van der Waals surface area contributed by atoms with Gasteiger partial charge in [-0.3, -0.25) is 14.5 Å². The number of aromatic nitrogens is 2. The third kappa shape index (κ3) is 5.14. The maximum absolute atomic E-state index is 15.1. The summed E-state index contributed by atoms with van der Waals surface area (Å²) in [5.74, 6) is -2.61. The van der Waals surface area contributed by atoms with E-state index in [1.54, 1.807) is 18.2 Å². The molecular formula is C24H24F4N4O3. The fourth-order valence-electron chi connectivity index (χ4n) is 3.98. The Kier molecular flexibility index (Phi) is 7.06. The van der Waals surface area contributed by atoms with E-state index in [4.69, 9.17) is 4.74 Å². The average molecular weight is 492 g/mol. The van der Waals surface area contributed by atoms with Crippen molar-refractivity contribution in [3.63, 3.8) is 0 Å². The molecule has 0 spiro atoms. The maximum atomic E-state index is 15.1. The van der Waals surface area contributed by atoms with Gasteiger partial charge in [0.25, 0.3) is 23.8 Å². The fourth-order valence-corrected chi connectivity index (χ4v) is 3.98. The molecule has 2 atom stereocenters. The highest BCUT2D eigenvalue weighted by Crippen LogP contribution is 2.29. The summed E-state index contributed by atoms with van der Waals surface area (Å²) in [6.07, 6.45) is -2.58. The van der Waals surface area contributed by atoms with Crippen molar-refractivity contribution in [2.75, 3.05) is 13.1 Å². The number of nitrogens with one attached hydrogen (secondary N) is 2. The van der Waals surface area contributed by atoms with Crippen LogP contribution in [0.4, 0.5) is 17.6 Å². The Bertz CT molecular complexity index is 1310. The minimum Gasteiger partial charge on any atom is -0.483 e. The minimum absolute atomic E-state index is 0.163. The molecule has 1 aromatic carbocycles. The summed E-state index contributed by atoms with van der Waals surface area (Å²) in [4.78, 5) is 31.9. The number of pyridine rings is 2. The van der Waals surface area contributed by atoms with E-state index in [0.29, 0.717) is 29.5 Å². The molecule has 7 nitrogen and oxygen atoms in total. The van der Waals surface area contributed by atoms with Gasteiger partial charge in [-0.25, -0.2) is 18.2 Å². The van der Waals surface area contributed by atoms with Crippen LogP contribution < -0.4 is 15.6 Å². The van der Waals surface area contributed by atoms with Gasteiger partial charge in [0, 0.05) is 35.6 Å². The van der Waals surface area contributed by atoms with Crippen molar-refractivity contribution in [1.29, 1.82) is 0 Å². The van der Waals surface area contributed by atoms with Gasteiger partial charge in [0.2, 0.25) is 0 Å². The summed E-state index contributed by atoms with van der Waals surface area (Å²) in [6.45, 7) is 3.50. The van der Waals surface area contributed by atoms with E-state index in [-0.39, 0.29) is 35.1 Å². The molecule has 1 saturated heterocycles. The third-order valence-corrected chi connectivity index (χ3v) is 6.14. The Labute approximate surface area is 198 Å². The number of aromatic amines is 1. The number of fused-ring (bicyclic) bond motifs is 1. The van der Waals surface area contributed by atoms with Gasteiger partial charge in [-0.15, -0.1) is 0 Å². The van der Waals surface area contributed by atoms with Gasteiger partial charge in [0.15, 0.2) is 11.6 Å². The van der Waals surface area contributed by atoms with Crippen molar-refractivity contribution in [2.45, 2.75) is 45.4 Å². The Morgan fingerprint density at radius 2 is 2.03 bits per heavy atom. The monoisotopic (exact) mass is 492 g/mol. The molecule has 186 valence electrons. The predicted molar refractivity (Wildman–Crippen MR) is 121 cm³/mol. The topological polar surface area (TPSA) is 87.3 Å². The number of hydrogen-bond acceptors (Lipinski definition) is 5. The second-order valence-electron chi connectivity index (χ2n) is 8.39. The lowest BCUT2D eigenvalue weighted by Gasteiger charge is -2.45. The zero-order chi connectivity index (χ0) is 25.3. The summed E-state index contributed by atoms with van der Waals surface area (Å²) >= 11 is 0. The number of H-pyrrole nitrogens is 1. The standard InChI is InChI=1S/C24H24F4N4O3/c1-3-13-8-14-4-5-15(20(27)21(14)31-23(13)33)10-32-11-18(12(32)2)35-17-7-6-16(30-22(17)28)24(34)29-9-19(25)26/h4-8,12,18-19H,3,9-11H2,1-2H3,(H,29,34)(H,31,33). The van der Waals surface area contributed by atoms with E-state index in [2.05, 4.69) is 9.97 Å². The number of likely N-dealkylation sites (tertiary alicyclic amines) is 1. The van der Waals surface area contributed by atoms with Gasteiger partial charge >= 0.3 is 0 Å². The zero-order valence-corrected chi connectivity index (χ0v) is 19.1. The van der Waals surface area contributed by atoms with Crippen molar-refractivity contribution < 1.29 is 27.1 Å². The molecule has 0 radical (unpaired) electrons. The number of carbonyl (C=O) groups is 1. The second kappa shape index (κ2) is 10.0. The molecule has 1 amide bonds. The normalized spacial score (nSPS) is 18.0. The number of aryl methyl sites for hydroxylation is 1. The van der Waals surface area contributed by atoms with E-state index in [9.17, 15) is 22.8 Å². The van der Waals surface area contributed by atoms with Gasteiger partial charge in [-0.05, 0) is 31.5 Å². The molecular weight excluding hydrogens is 468 g/mol. The quantitative estimate of drug-likeness (QED) is 0.372. The lowest BCUT2D eigenvalue weighted by Crippen LogP contribution is -2.60. The highest BCUT2D eigenvalue weighted by Gasteiger charge is 2.38.